The molecule has 4 nitrogen and oxygen atoms in total. The zero-order valence-corrected chi connectivity index (χ0v) is 17.7. The number of hydrogen-bond donors (Lipinski definition) is 0. The van der Waals surface area contributed by atoms with Crippen LogP contribution < -0.4 is 0 Å². The molecule has 26 heavy (non-hydrogen) atoms. The third-order valence-electron chi connectivity index (χ3n) is 4.66. The Kier molecular flexibility index (Phi) is 7.33. The Hall–Kier alpha value is -1.75. The van der Waals surface area contributed by atoms with Gasteiger partial charge in [-0.2, -0.15) is 5.10 Å². The molecule has 0 aliphatic carbocycles. The van der Waals surface area contributed by atoms with Crippen molar-refractivity contribution < 1.29 is 4.79 Å². The first-order valence-corrected chi connectivity index (χ1v) is 10.4. The molecule has 1 aromatic heterocycles. The molecular weight excluding hydrogens is 342 g/mol. The summed E-state index contributed by atoms with van der Waals surface area (Å²) in [7, 11) is 1.88. The van der Waals surface area contributed by atoms with Gasteiger partial charge in [-0.15, -0.1) is 11.8 Å². The molecule has 0 radical (unpaired) electrons. The third kappa shape index (κ3) is 5.37. The van der Waals surface area contributed by atoms with Gasteiger partial charge in [-0.05, 0) is 55.7 Å². The highest BCUT2D eigenvalue weighted by molar-refractivity contribution is 7.98. The summed E-state index contributed by atoms with van der Waals surface area (Å²) in [6, 6.07) is 8.40. The molecule has 0 spiro atoms. The largest absolute Gasteiger partial charge is 0.341 e. The summed E-state index contributed by atoms with van der Waals surface area (Å²) in [5.74, 6) is 0.737. The molecular formula is C21H31N3OS. The number of nitrogens with zero attached hydrogens (tertiary/aromatic N) is 3. The number of carbonyl (C=O) groups is 1. The van der Waals surface area contributed by atoms with E-state index in [9.17, 15) is 4.79 Å². The maximum atomic E-state index is 12.5. The molecule has 0 aliphatic rings. The van der Waals surface area contributed by atoms with Gasteiger partial charge in [0.1, 0.15) is 0 Å². The number of rotatable bonds is 8. The molecule has 1 aromatic carbocycles. The second kappa shape index (κ2) is 9.26. The van der Waals surface area contributed by atoms with E-state index in [4.69, 9.17) is 0 Å². The van der Waals surface area contributed by atoms with E-state index in [-0.39, 0.29) is 5.91 Å². The lowest BCUT2D eigenvalue weighted by Gasteiger charge is -2.17. The van der Waals surface area contributed by atoms with Gasteiger partial charge in [0.2, 0.25) is 5.91 Å². The summed E-state index contributed by atoms with van der Waals surface area (Å²) in [5.41, 5.74) is 4.62. The normalized spacial score (nSPS) is 11.2. The number of amides is 1. The van der Waals surface area contributed by atoms with Crippen LogP contribution in [0.15, 0.2) is 29.2 Å². The first-order chi connectivity index (χ1) is 12.3. The summed E-state index contributed by atoms with van der Waals surface area (Å²) in [4.78, 5) is 15.6. The average Bonchev–Trinajstić information content (AvgIpc) is 2.86. The molecule has 1 heterocycles. The van der Waals surface area contributed by atoms with Crippen molar-refractivity contribution in [1.29, 1.82) is 0 Å². The number of carbonyl (C=O) groups excluding carboxylic acids is 1. The fourth-order valence-corrected chi connectivity index (χ4v) is 3.54. The zero-order chi connectivity index (χ0) is 19.3. The highest BCUT2D eigenvalue weighted by Crippen LogP contribution is 2.18. The predicted molar refractivity (Wildman–Crippen MR) is 110 cm³/mol. The van der Waals surface area contributed by atoms with Crippen LogP contribution in [-0.4, -0.2) is 33.9 Å². The zero-order valence-electron chi connectivity index (χ0n) is 16.9. The fraction of sp³-hybridized carbons (Fsp3) is 0.524. The summed E-state index contributed by atoms with van der Waals surface area (Å²) < 4.78 is 2.08. The van der Waals surface area contributed by atoms with E-state index in [1.54, 1.807) is 11.8 Å². The van der Waals surface area contributed by atoms with Crippen molar-refractivity contribution in [2.45, 2.75) is 58.5 Å². The molecule has 0 unspecified atom stereocenters. The summed E-state index contributed by atoms with van der Waals surface area (Å²) in [6.45, 7) is 10.1. The van der Waals surface area contributed by atoms with Gasteiger partial charge in [-0.1, -0.05) is 26.0 Å². The molecule has 2 aromatic rings. The number of benzene rings is 1. The SMILES string of the molecule is CSc1ccc(CN(C)C(=O)CCc2c(C)nn(CC(C)C)c2C)cc1. The van der Waals surface area contributed by atoms with Crippen LogP contribution in [0.1, 0.15) is 42.8 Å². The number of thioether (sulfide) groups is 1. The van der Waals surface area contributed by atoms with Crippen LogP contribution in [0.25, 0.3) is 0 Å². The monoisotopic (exact) mass is 373 g/mol. The van der Waals surface area contributed by atoms with Gasteiger partial charge in [0.25, 0.3) is 0 Å². The van der Waals surface area contributed by atoms with Crippen LogP contribution in [0.5, 0.6) is 0 Å². The molecule has 2 rings (SSSR count). The molecule has 142 valence electrons. The number of hydrogen-bond acceptors (Lipinski definition) is 3. The van der Waals surface area contributed by atoms with E-state index >= 15 is 0 Å². The van der Waals surface area contributed by atoms with Crippen molar-refractivity contribution in [3.05, 3.63) is 46.8 Å². The van der Waals surface area contributed by atoms with Crippen LogP contribution in [0, 0.1) is 19.8 Å². The third-order valence-corrected chi connectivity index (χ3v) is 5.41. The van der Waals surface area contributed by atoms with Gasteiger partial charge in [-0.3, -0.25) is 9.48 Å². The van der Waals surface area contributed by atoms with Crippen molar-refractivity contribution in [1.82, 2.24) is 14.7 Å². The van der Waals surface area contributed by atoms with Crippen molar-refractivity contribution in [2.75, 3.05) is 13.3 Å². The van der Waals surface area contributed by atoms with E-state index in [1.807, 2.05) is 18.9 Å². The van der Waals surface area contributed by atoms with Crippen LogP contribution in [-0.2, 0) is 24.3 Å². The first kappa shape index (κ1) is 20.6. The van der Waals surface area contributed by atoms with Crippen LogP contribution >= 0.6 is 11.8 Å². The van der Waals surface area contributed by atoms with Crippen molar-refractivity contribution in [2.24, 2.45) is 5.92 Å². The van der Waals surface area contributed by atoms with Gasteiger partial charge in [0.15, 0.2) is 0 Å². The van der Waals surface area contributed by atoms with Crippen LogP contribution in [0.2, 0.25) is 0 Å². The van der Waals surface area contributed by atoms with Gasteiger partial charge in [0, 0.05) is 37.1 Å². The Labute approximate surface area is 162 Å². The molecule has 0 saturated heterocycles. The molecule has 0 bridgehead atoms. The van der Waals surface area contributed by atoms with Crippen molar-refractivity contribution in [3.63, 3.8) is 0 Å². The van der Waals surface area contributed by atoms with E-state index in [0.29, 0.717) is 18.9 Å². The first-order valence-electron chi connectivity index (χ1n) is 9.21. The Balaban J connectivity index is 1.94. The predicted octanol–water partition coefficient (Wildman–Crippen LogP) is 4.47. The molecule has 1 amide bonds. The Morgan fingerprint density at radius 1 is 1.23 bits per heavy atom. The second-order valence-corrected chi connectivity index (χ2v) is 8.20. The minimum Gasteiger partial charge on any atom is -0.341 e. The van der Waals surface area contributed by atoms with E-state index < -0.39 is 0 Å². The van der Waals surface area contributed by atoms with Gasteiger partial charge >= 0.3 is 0 Å². The van der Waals surface area contributed by atoms with Crippen LogP contribution in [0.3, 0.4) is 0 Å². The van der Waals surface area contributed by atoms with Gasteiger partial charge in [0.05, 0.1) is 5.69 Å². The smallest absolute Gasteiger partial charge is 0.222 e. The summed E-state index contributed by atoms with van der Waals surface area (Å²) in [6.07, 6.45) is 3.34. The molecule has 0 atom stereocenters. The minimum atomic E-state index is 0.175. The number of aromatic nitrogens is 2. The summed E-state index contributed by atoms with van der Waals surface area (Å²) >= 11 is 1.73. The lowest BCUT2D eigenvalue weighted by molar-refractivity contribution is -0.130. The van der Waals surface area contributed by atoms with Gasteiger partial charge < -0.3 is 4.90 Å². The van der Waals surface area contributed by atoms with Gasteiger partial charge in [-0.25, -0.2) is 0 Å². The standard InChI is InChI=1S/C21H31N3OS/c1-15(2)13-24-17(4)20(16(3)22-24)11-12-21(25)23(5)14-18-7-9-19(26-6)10-8-18/h7-10,15H,11-14H2,1-6H3. The maximum Gasteiger partial charge on any atom is 0.222 e. The van der Waals surface area contributed by atoms with Crippen LogP contribution in [0.4, 0.5) is 0 Å². The Bertz CT molecular complexity index is 734. The summed E-state index contributed by atoms with van der Waals surface area (Å²) in [5, 5.41) is 4.65. The lowest BCUT2D eigenvalue weighted by atomic mass is 10.1. The van der Waals surface area contributed by atoms with E-state index in [1.165, 1.54) is 16.2 Å². The highest BCUT2D eigenvalue weighted by atomic mass is 32.2. The van der Waals surface area contributed by atoms with Crippen molar-refractivity contribution in [3.8, 4) is 0 Å². The number of aryl methyl sites for hydroxylation is 1. The van der Waals surface area contributed by atoms with E-state index in [2.05, 4.69) is 61.1 Å². The quantitative estimate of drug-likeness (QED) is 0.641. The average molecular weight is 374 g/mol. The van der Waals surface area contributed by atoms with Crippen molar-refractivity contribution >= 4 is 17.7 Å². The Morgan fingerprint density at radius 2 is 1.88 bits per heavy atom. The maximum absolute atomic E-state index is 12.5. The second-order valence-electron chi connectivity index (χ2n) is 7.32. The fourth-order valence-electron chi connectivity index (χ4n) is 3.14. The molecule has 0 saturated carbocycles. The topological polar surface area (TPSA) is 38.1 Å². The molecule has 0 aliphatic heterocycles. The Morgan fingerprint density at radius 3 is 2.46 bits per heavy atom. The lowest BCUT2D eigenvalue weighted by Crippen LogP contribution is -2.26. The van der Waals surface area contributed by atoms with E-state index in [0.717, 1.165) is 24.2 Å². The highest BCUT2D eigenvalue weighted by Gasteiger charge is 2.15. The molecule has 5 heteroatoms. The minimum absolute atomic E-state index is 0.175. The molecule has 0 fully saturated rings. The molecule has 0 N–H and O–H groups in total.